The van der Waals surface area contributed by atoms with Crippen molar-refractivity contribution in [3.8, 4) is 5.75 Å². The second-order valence-electron chi connectivity index (χ2n) is 4.75. The fourth-order valence-corrected chi connectivity index (χ4v) is 2.08. The number of aryl methyl sites for hydroxylation is 1. The highest BCUT2D eigenvalue weighted by Crippen LogP contribution is 2.17. The highest BCUT2D eigenvalue weighted by Gasteiger charge is 2.33. The minimum atomic E-state index is -1.33. The third-order valence-electron chi connectivity index (χ3n) is 3.24. The van der Waals surface area contributed by atoms with Crippen molar-refractivity contribution in [3.05, 3.63) is 29.8 Å². The number of hydrogen-bond acceptors (Lipinski definition) is 3. The van der Waals surface area contributed by atoms with Crippen LogP contribution in [0.2, 0.25) is 0 Å². The topological polar surface area (TPSA) is 49.8 Å². The van der Waals surface area contributed by atoms with E-state index < -0.39 is 12.3 Å². The number of rotatable bonds is 4. The number of β-amino-alcohol motifs (C(OH)–C–C–N with tert-alkyl or cyclic N) is 1. The van der Waals surface area contributed by atoms with E-state index in [-0.39, 0.29) is 32.0 Å². The average molecular weight is 267 g/mol. The molecular formula is C14H18FNO3. The number of nitrogens with zero attached hydrogens (tertiary/aromatic N) is 1. The summed E-state index contributed by atoms with van der Waals surface area (Å²) in [6.45, 7) is 2.24. The lowest BCUT2D eigenvalue weighted by Crippen LogP contribution is -2.30. The zero-order valence-corrected chi connectivity index (χ0v) is 10.9. The van der Waals surface area contributed by atoms with Gasteiger partial charge >= 0.3 is 0 Å². The van der Waals surface area contributed by atoms with Gasteiger partial charge in [-0.1, -0.05) is 18.2 Å². The molecule has 4 nitrogen and oxygen atoms in total. The van der Waals surface area contributed by atoms with Gasteiger partial charge in [-0.2, -0.15) is 0 Å². The molecule has 2 atom stereocenters. The smallest absolute Gasteiger partial charge is 0.226 e. The minimum Gasteiger partial charge on any atom is -0.493 e. The van der Waals surface area contributed by atoms with Crippen LogP contribution in [-0.2, 0) is 4.79 Å². The number of aliphatic hydroxyl groups is 1. The molecule has 0 aromatic heterocycles. The molecule has 5 heteroatoms. The van der Waals surface area contributed by atoms with E-state index in [1.165, 1.54) is 4.90 Å². The molecule has 2 rings (SSSR count). The molecule has 104 valence electrons. The maximum absolute atomic E-state index is 13.1. The van der Waals surface area contributed by atoms with Crippen LogP contribution in [0.1, 0.15) is 12.0 Å². The molecule has 0 unspecified atom stereocenters. The fraction of sp³-hybridized carbons (Fsp3) is 0.500. The lowest BCUT2D eigenvalue weighted by atomic mass is 10.2. The molecule has 19 heavy (non-hydrogen) atoms. The quantitative estimate of drug-likeness (QED) is 0.894. The van der Waals surface area contributed by atoms with Crippen LogP contribution in [0.5, 0.6) is 5.75 Å². The fourth-order valence-electron chi connectivity index (χ4n) is 2.08. The van der Waals surface area contributed by atoms with Crippen LogP contribution in [0.3, 0.4) is 0 Å². The van der Waals surface area contributed by atoms with Gasteiger partial charge in [0.1, 0.15) is 18.0 Å². The maximum Gasteiger partial charge on any atom is 0.226 e. The van der Waals surface area contributed by atoms with Crippen molar-refractivity contribution in [2.75, 3.05) is 19.7 Å². The molecule has 0 radical (unpaired) electrons. The van der Waals surface area contributed by atoms with Crippen LogP contribution in [0.15, 0.2) is 24.3 Å². The molecular weight excluding hydrogens is 249 g/mol. The van der Waals surface area contributed by atoms with E-state index in [0.717, 1.165) is 11.3 Å². The summed E-state index contributed by atoms with van der Waals surface area (Å²) >= 11 is 0. The van der Waals surface area contributed by atoms with E-state index >= 15 is 0 Å². The normalized spacial score (nSPS) is 22.6. The Morgan fingerprint density at radius 2 is 2.21 bits per heavy atom. The third-order valence-corrected chi connectivity index (χ3v) is 3.24. The Morgan fingerprint density at radius 3 is 2.84 bits per heavy atom. The van der Waals surface area contributed by atoms with Crippen molar-refractivity contribution in [2.45, 2.75) is 25.6 Å². The number of hydrogen-bond donors (Lipinski definition) is 1. The highest BCUT2D eigenvalue weighted by molar-refractivity contribution is 5.76. The van der Waals surface area contributed by atoms with E-state index in [0.29, 0.717) is 0 Å². The van der Waals surface area contributed by atoms with Crippen molar-refractivity contribution in [1.29, 1.82) is 0 Å². The average Bonchev–Trinajstić information content (AvgIpc) is 2.72. The first-order valence-corrected chi connectivity index (χ1v) is 6.36. The van der Waals surface area contributed by atoms with Gasteiger partial charge in [0, 0.05) is 6.54 Å². The number of carbonyl (C=O) groups excluding carboxylic acids is 1. The van der Waals surface area contributed by atoms with Crippen molar-refractivity contribution < 1.29 is 19.0 Å². The van der Waals surface area contributed by atoms with Crippen LogP contribution >= 0.6 is 0 Å². The zero-order chi connectivity index (χ0) is 13.8. The van der Waals surface area contributed by atoms with Gasteiger partial charge < -0.3 is 14.7 Å². The molecule has 1 saturated heterocycles. The van der Waals surface area contributed by atoms with Gasteiger partial charge in [0.15, 0.2) is 0 Å². The molecule has 1 fully saturated rings. The van der Waals surface area contributed by atoms with Crippen LogP contribution in [0.25, 0.3) is 0 Å². The van der Waals surface area contributed by atoms with Gasteiger partial charge in [-0.15, -0.1) is 0 Å². The Morgan fingerprint density at radius 1 is 1.47 bits per heavy atom. The summed E-state index contributed by atoms with van der Waals surface area (Å²) in [6.07, 6.45) is -2.20. The van der Waals surface area contributed by atoms with Crippen LogP contribution in [0, 0.1) is 6.92 Å². The second kappa shape index (κ2) is 6.02. The Labute approximate surface area is 111 Å². The Bertz CT molecular complexity index is 442. The van der Waals surface area contributed by atoms with Gasteiger partial charge in [-0.25, -0.2) is 4.39 Å². The molecule has 1 amide bonds. The SMILES string of the molecule is Cc1ccccc1OCCC(=O)N1C[C@@H](O)[C@H](F)C1. The molecule has 0 aliphatic carbocycles. The number of carbonyl (C=O) groups is 1. The molecule has 1 N–H and O–H groups in total. The summed E-state index contributed by atoms with van der Waals surface area (Å²) in [6, 6.07) is 7.56. The molecule has 0 bridgehead atoms. The lowest BCUT2D eigenvalue weighted by molar-refractivity contribution is -0.131. The largest absolute Gasteiger partial charge is 0.493 e. The number of para-hydroxylation sites is 1. The van der Waals surface area contributed by atoms with Crippen molar-refractivity contribution in [1.82, 2.24) is 4.90 Å². The van der Waals surface area contributed by atoms with Crippen LogP contribution in [0.4, 0.5) is 4.39 Å². The highest BCUT2D eigenvalue weighted by atomic mass is 19.1. The summed E-state index contributed by atoms with van der Waals surface area (Å²) in [5, 5.41) is 9.26. The number of benzene rings is 1. The number of halogens is 1. The first-order chi connectivity index (χ1) is 9.08. The number of ether oxygens (including phenoxy) is 1. The van der Waals surface area contributed by atoms with Crippen molar-refractivity contribution in [3.63, 3.8) is 0 Å². The Kier molecular flexibility index (Phi) is 4.37. The summed E-state index contributed by atoms with van der Waals surface area (Å²) in [7, 11) is 0. The van der Waals surface area contributed by atoms with E-state index in [1.54, 1.807) is 0 Å². The minimum absolute atomic E-state index is 0.0234. The maximum atomic E-state index is 13.1. The van der Waals surface area contributed by atoms with Crippen molar-refractivity contribution >= 4 is 5.91 Å². The molecule has 0 saturated carbocycles. The first-order valence-electron chi connectivity index (χ1n) is 6.36. The van der Waals surface area contributed by atoms with Gasteiger partial charge in [-0.3, -0.25) is 4.79 Å². The van der Waals surface area contributed by atoms with Gasteiger partial charge in [-0.05, 0) is 18.6 Å². The number of amides is 1. The van der Waals surface area contributed by atoms with E-state index in [2.05, 4.69) is 0 Å². The molecule has 1 aliphatic rings. The predicted molar refractivity (Wildman–Crippen MR) is 68.8 cm³/mol. The first kappa shape index (κ1) is 13.8. The third kappa shape index (κ3) is 3.44. The molecule has 1 aromatic rings. The second-order valence-corrected chi connectivity index (χ2v) is 4.75. The van der Waals surface area contributed by atoms with E-state index in [4.69, 9.17) is 4.74 Å². The van der Waals surface area contributed by atoms with Gasteiger partial charge in [0.25, 0.3) is 0 Å². The number of alkyl halides is 1. The number of likely N-dealkylation sites (tertiary alicyclic amines) is 1. The lowest BCUT2D eigenvalue weighted by Gasteiger charge is -2.15. The standard InChI is InChI=1S/C14H18FNO3/c1-10-4-2-3-5-13(10)19-7-6-14(18)16-8-11(15)12(17)9-16/h2-5,11-12,17H,6-9H2,1H3/t11-,12-/m1/s1. The Hall–Kier alpha value is -1.62. The monoisotopic (exact) mass is 267 g/mol. The summed E-state index contributed by atoms with van der Waals surface area (Å²) < 4.78 is 18.6. The number of aliphatic hydroxyl groups excluding tert-OH is 1. The summed E-state index contributed by atoms with van der Waals surface area (Å²) in [5.41, 5.74) is 1.01. The molecule has 1 heterocycles. The Balaban J connectivity index is 1.77. The molecule has 1 aromatic carbocycles. The van der Waals surface area contributed by atoms with Crippen LogP contribution in [-0.4, -0.2) is 47.9 Å². The molecule has 0 spiro atoms. The zero-order valence-electron chi connectivity index (χ0n) is 10.9. The van der Waals surface area contributed by atoms with E-state index in [1.807, 2.05) is 31.2 Å². The van der Waals surface area contributed by atoms with Crippen molar-refractivity contribution in [2.24, 2.45) is 0 Å². The van der Waals surface area contributed by atoms with Crippen LogP contribution < -0.4 is 4.74 Å². The predicted octanol–water partition coefficient (Wildman–Crippen LogP) is 1.31. The summed E-state index contributed by atoms with van der Waals surface area (Å²) in [5.74, 6) is 0.563. The van der Waals surface area contributed by atoms with E-state index in [9.17, 15) is 14.3 Å². The summed E-state index contributed by atoms with van der Waals surface area (Å²) in [4.78, 5) is 13.1. The van der Waals surface area contributed by atoms with Gasteiger partial charge in [0.2, 0.25) is 5.91 Å². The molecule has 1 aliphatic heterocycles. The van der Waals surface area contributed by atoms with Gasteiger partial charge in [0.05, 0.1) is 19.6 Å².